The van der Waals surface area contributed by atoms with E-state index in [1.165, 1.54) is 25.7 Å². The molecule has 1 saturated carbocycles. The van der Waals surface area contributed by atoms with Crippen LogP contribution in [-0.2, 0) is 11.3 Å². The van der Waals surface area contributed by atoms with E-state index in [0.29, 0.717) is 6.54 Å². The van der Waals surface area contributed by atoms with Gasteiger partial charge in [-0.1, -0.05) is 30.7 Å². The number of thioether (sulfide) groups is 1. The van der Waals surface area contributed by atoms with Crippen LogP contribution >= 0.6 is 11.8 Å². The first-order valence-corrected chi connectivity index (χ1v) is 9.33. The average Bonchev–Trinajstić information content (AvgIpc) is 3.22. The Hall–Kier alpha value is -1.66. The van der Waals surface area contributed by atoms with E-state index < -0.39 is 0 Å². The molecule has 3 rings (SSSR count). The normalized spacial score (nSPS) is 16.4. The second kappa shape index (κ2) is 7.94. The zero-order valence-corrected chi connectivity index (χ0v) is 15.0. The van der Waals surface area contributed by atoms with Gasteiger partial charge in [0.15, 0.2) is 11.0 Å². The molecule has 0 saturated heterocycles. The van der Waals surface area contributed by atoms with Gasteiger partial charge < -0.3 is 4.74 Å². The molecule has 2 aromatic rings. The van der Waals surface area contributed by atoms with Crippen molar-refractivity contribution in [3.8, 4) is 11.4 Å². The summed E-state index contributed by atoms with van der Waals surface area (Å²) >= 11 is 1.78. The van der Waals surface area contributed by atoms with Crippen LogP contribution in [0.25, 0.3) is 11.4 Å². The number of ether oxygens (including phenoxy) is 1. The van der Waals surface area contributed by atoms with Crippen molar-refractivity contribution in [2.75, 3.05) is 19.5 Å². The summed E-state index contributed by atoms with van der Waals surface area (Å²) in [6.45, 7) is 5.39. The summed E-state index contributed by atoms with van der Waals surface area (Å²) in [5.41, 5.74) is 1.25. The SMILES string of the molecule is C=CCn1c(SCC2(COC)CCCC2)nnc1-c1cccnc1. The lowest BCUT2D eigenvalue weighted by Crippen LogP contribution is -2.26. The molecule has 24 heavy (non-hydrogen) atoms. The third-order valence-corrected chi connectivity index (χ3v) is 5.89. The summed E-state index contributed by atoms with van der Waals surface area (Å²) in [4.78, 5) is 4.19. The van der Waals surface area contributed by atoms with Crippen LogP contribution in [0.3, 0.4) is 0 Å². The quantitative estimate of drug-likeness (QED) is 0.538. The smallest absolute Gasteiger partial charge is 0.191 e. The van der Waals surface area contributed by atoms with Crippen LogP contribution in [0.2, 0.25) is 0 Å². The van der Waals surface area contributed by atoms with Crippen LogP contribution in [0.15, 0.2) is 42.3 Å². The fraction of sp³-hybridized carbons (Fsp3) is 0.500. The molecule has 0 aliphatic heterocycles. The van der Waals surface area contributed by atoms with Crippen molar-refractivity contribution in [3.05, 3.63) is 37.2 Å². The van der Waals surface area contributed by atoms with Crippen molar-refractivity contribution >= 4 is 11.8 Å². The van der Waals surface area contributed by atoms with Crippen LogP contribution in [0, 0.1) is 5.41 Å². The summed E-state index contributed by atoms with van der Waals surface area (Å²) in [5.74, 6) is 1.86. The molecule has 2 aromatic heterocycles. The first-order valence-electron chi connectivity index (χ1n) is 8.34. The Morgan fingerprint density at radius 1 is 1.38 bits per heavy atom. The first kappa shape index (κ1) is 17.2. The second-order valence-electron chi connectivity index (χ2n) is 6.38. The molecular formula is C18H24N4OS. The highest BCUT2D eigenvalue weighted by Crippen LogP contribution is 2.42. The zero-order valence-electron chi connectivity index (χ0n) is 14.1. The summed E-state index contributed by atoms with van der Waals surface area (Å²) in [6.07, 6.45) is 10.5. The van der Waals surface area contributed by atoms with E-state index >= 15 is 0 Å². The van der Waals surface area contributed by atoms with Crippen LogP contribution in [0.1, 0.15) is 25.7 Å². The van der Waals surface area contributed by atoms with Crippen LogP contribution in [0.5, 0.6) is 0 Å². The van der Waals surface area contributed by atoms with Gasteiger partial charge in [-0.2, -0.15) is 0 Å². The molecule has 0 radical (unpaired) electrons. The van der Waals surface area contributed by atoms with Crippen LogP contribution in [0.4, 0.5) is 0 Å². The number of pyridine rings is 1. The number of hydrogen-bond donors (Lipinski definition) is 0. The van der Waals surface area contributed by atoms with Crippen molar-refractivity contribution in [2.45, 2.75) is 37.4 Å². The van der Waals surface area contributed by atoms with E-state index in [1.54, 1.807) is 25.1 Å². The fourth-order valence-electron chi connectivity index (χ4n) is 3.38. The third kappa shape index (κ3) is 3.70. The second-order valence-corrected chi connectivity index (χ2v) is 7.32. The monoisotopic (exact) mass is 344 g/mol. The molecule has 5 nitrogen and oxygen atoms in total. The zero-order chi connectivity index (χ0) is 16.8. The highest BCUT2D eigenvalue weighted by atomic mass is 32.2. The minimum Gasteiger partial charge on any atom is -0.384 e. The molecule has 0 amide bonds. The van der Waals surface area contributed by atoms with Gasteiger partial charge in [0.1, 0.15) is 0 Å². The number of aromatic nitrogens is 4. The Morgan fingerprint density at radius 2 is 2.21 bits per heavy atom. The molecule has 0 spiro atoms. The molecule has 128 valence electrons. The number of methoxy groups -OCH3 is 1. The molecule has 0 N–H and O–H groups in total. The molecule has 0 atom stereocenters. The van der Waals surface area contributed by atoms with E-state index in [2.05, 4.69) is 26.3 Å². The van der Waals surface area contributed by atoms with Gasteiger partial charge in [-0.05, 0) is 25.0 Å². The van der Waals surface area contributed by atoms with E-state index in [4.69, 9.17) is 4.74 Å². The molecule has 0 unspecified atom stereocenters. The fourth-order valence-corrected chi connectivity index (χ4v) is 4.60. The van der Waals surface area contributed by atoms with Gasteiger partial charge in [-0.15, -0.1) is 16.8 Å². The van der Waals surface area contributed by atoms with E-state index in [0.717, 1.165) is 28.9 Å². The van der Waals surface area contributed by atoms with Crippen molar-refractivity contribution in [1.82, 2.24) is 19.7 Å². The van der Waals surface area contributed by atoms with E-state index in [-0.39, 0.29) is 5.41 Å². The van der Waals surface area contributed by atoms with Gasteiger partial charge in [0.25, 0.3) is 0 Å². The number of hydrogen-bond acceptors (Lipinski definition) is 5. The van der Waals surface area contributed by atoms with Crippen LogP contribution in [-0.4, -0.2) is 39.2 Å². The third-order valence-electron chi connectivity index (χ3n) is 4.57. The van der Waals surface area contributed by atoms with Crippen LogP contribution < -0.4 is 0 Å². The molecule has 0 aromatic carbocycles. The van der Waals surface area contributed by atoms with Gasteiger partial charge in [-0.3, -0.25) is 9.55 Å². The van der Waals surface area contributed by atoms with Gasteiger partial charge in [0, 0.05) is 42.8 Å². The number of allylic oxidation sites excluding steroid dienone is 1. The minimum atomic E-state index is 0.277. The number of nitrogens with zero attached hydrogens (tertiary/aromatic N) is 4. The predicted molar refractivity (Wildman–Crippen MR) is 97.0 cm³/mol. The van der Waals surface area contributed by atoms with Crippen molar-refractivity contribution in [3.63, 3.8) is 0 Å². The molecule has 1 aliphatic carbocycles. The Morgan fingerprint density at radius 3 is 2.88 bits per heavy atom. The lowest BCUT2D eigenvalue weighted by atomic mass is 9.90. The lowest BCUT2D eigenvalue weighted by Gasteiger charge is -2.27. The Kier molecular flexibility index (Phi) is 5.68. The van der Waals surface area contributed by atoms with Gasteiger partial charge >= 0.3 is 0 Å². The van der Waals surface area contributed by atoms with Crippen molar-refractivity contribution in [2.24, 2.45) is 5.41 Å². The molecule has 6 heteroatoms. The highest BCUT2D eigenvalue weighted by Gasteiger charge is 2.34. The lowest BCUT2D eigenvalue weighted by molar-refractivity contribution is 0.0998. The molecule has 1 aliphatic rings. The van der Waals surface area contributed by atoms with Gasteiger partial charge in [0.05, 0.1) is 6.61 Å². The standard InChI is InChI=1S/C18H24N4OS/c1-3-11-22-16(15-7-6-10-19-12-15)20-21-17(22)24-14-18(13-23-2)8-4-5-9-18/h3,6-7,10,12H,1,4-5,8-9,11,13-14H2,2H3. The Labute approximate surface area is 147 Å². The topological polar surface area (TPSA) is 52.8 Å². The Bertz CT molecular complexity index is 665. The van der Waals surface area contributed by atoms with Crippen molar-refractivity contribution in [1.29, 1.82) is 0 Å². The highest BCUT2D eigenvalue weighted by molar-refractivity contribution is 7.99. The molecule has 1 fully saturated rings. The average molecular weight is 344 g/mol. The minimum absolute atomic E-state index is 0.277. The number of rotatable bonds is 8. The molecule has 2 heterocycles. The van der Waals surface area contributed by atoms with Gasteiger partial charge in [-0.25, -0.2) is 0 Å². The van der Waals surface area contributed by atoms with Gasteiger partial charge in [0.2, 0.25) is 0 Å². The first-order chi connectivity index (χ1) is 11.8. The maximum absolute atomic E-state index is 5.49. The summed E-state index contributed by atoms with van der Waals surface area (Å²) in [5, 5.41) is 9.76. The molecule has 0 bridgehead atoms. The van der Waals surface area contributed by atoms with E-state index in [9.17, 15) is 0 Å². The largest absolute Gasteiger partial charge is 0.384 e. The predicted octanol–water partition coefficient (Wildman–Crippen LogP) is 3.83. The Balaban J connectivity index is 1.80. The summed E-state index contributed by atoms with van der Waals surface area (Å²) < 4.78 is 7.60. The summed E-state index contributed by atoms with van der Waals surface area (Å²) in [6, 6.07) is 3.93. The van der Waals surface area contributed by atoms with E-state index in [1.807, 2.05) is 24.4 Å². The van der Waals surface area contributed by atoms with Crippen molar-refractivity contribution < 1.29 is 4.74 Å². The maximum Gasteiger partial charge on any atom is 0.191 e. The maximum atomic E-state index is 5.49. The molecular weight excluding hydrogens is 320 g/mol. The summed E-state index contributed by atoms with van der Waals surface area (Å²) in [7, 11) is 1.80.